The highest BCUT2D eigenvalue weighted by atomic mass is 31.2. The highest BCUT2D eigenvalue weighted by Crippen LogP contribution is 2.43. The SMILES string of the molecule is CCCCCCCCCCCCCCCC1OCC(COP(=O)(O)OCC[N+](C)(C)C)O1. The molecule has 1 N–H and O–H groups in total. The van der Waals surface area contributed by atoms with E-state index in [9.17, 15) is 9.46 Å². The van der Waals surface area contributed by atoms with Gasteiger partial charge in [-0.3, -0.25) is 9.05 Å². The van der Waals surface area contributed by atoms with E-state index in [1.54, 1.807) is 0 Å². The van der Waals surface area contributed by atoms with Gasteiger partial charge in [0.25, 0.3) is 0 Å². The van der Waals surface area contributed by atoms with E-state index in [0.717, 1.165) is 12.8 Å². The number of phosphoric ester groups is 1. The second-order valence-electron chi connectivity index (χ2n) is 10.2. The Labute approximate surface area is 197 Å². The molecular formula is C24H51NO6P+. The maximum Gasteiger partial charge on any atom is 0.472 e. The standard InChI is InChI=1S/C24H50NO6P/c1-5-6-7-8-9-10-11-12-13-14-15-16-17-18-24-28-21-23(31-24)22-30-32(26,27)29-20-19-25(2,3)4/h23-24H,5-22H2,1-4H3/p+1. The number of likely N-dealkylation sites (N-methyl/N-ethyl adjacent to an activating group) is 1. The van der Waals surface area contributed by atoms with Gasteiger partial charge in [0.15, 0.2) is 6.29 Å². The summed E-state index contributed by atoms with van der Waals surface area (Å²) in [6, 6.07) is 0. The largest absolute Gasteiger partial charge is 0.472 e. The minimum Gasteiger partial charge on any atom is -0.350 e. The number of unbranched alkanes of at least 4 members (excludes halogenated alkanes) is 12. The third kappa shape index (κ3) is 17.5. The van der Waals surface area contributed by atoms with Gasteiger partial charge in [0.05, 0.1) is 34.4 Å². The van der Waals surface area contributed by atoms with Gasteiger partial charge in [-0.05, 0) is 12.8 Å². The maximum atomic E-state index is 12.0. The first-order chi connectivity index (χ1) is 15.2. The lowest BCUT2D eigenvalue weighted by atomic mass is 10.0. The van der Waals surface area contributed by atoms with E-state index >= 15 is 0 Å². The van der Waals surface area contributed by atoms with Crippen molar-refractivity contribution in [3.05, 3.63) is 0 Å². The summed E-state index contributed by atoms with van der Waals surface area (Å²) in [7, 11) is 1.93. The molecule has 3 atom stereocenters. The second-order valence-corrected chi connectivity index (χ2v) is 11.6. The van der Waals surface area contributed by atoms with E-state index in [1.165, 1.54) is 77.0 Å². The fraction of sp³-hybridized carbons (Fsp3) is 1.00. The Hall–Kier alpha value is -0.0100. The van der Waals surface area contributed by atoms with Gasteiger partial charge in [-0.25, -0.2) is 4.57 Å². The number of nitrogens with zero attached hydrogens (tertiary/aromatic N) is 1. The first-order valence-corrected chi connectivity index (χ1v) is 14.4. The van der Waals surface area contributed by atoms with Crippen LogP contribution in [0.15, 0.2) is 0 Å². The predicted octanol–water partition coefficient (Wildman–Crippen LogP) is 6.05. The second kappa shape index (κ2) is 17.4. The van der Waals surface area contributed by atoms with Crippen molar-refractivity contribution in [1.29, 1.82) is 0 Å². The number of rotatable bonds is 21. The van der Waals surface area contributed by atoms with Crippen LogP contribution in [-0.4, -0.2) is 69.3 Å². The summed E-state index contributed by atoms with van der Waals surface area (Å²) in [6.45, 7) is 3.46. The van der Waals surface area contributed by atoms with Crippen LogP contribution in [0.1, 0.15) is 96.8 Å². The first kappa shape index (κ1) is 30.0. The van der Waals surface area contributed by atoms with E-state index in [-0.39, 0.29) is 25.6 Å². The summed E-state index contributed by atoms with van der Waals surface area (Å²) in [6.07, 6.45) is 17.7. The molecule has 7 nitrogen and oxygen atoms in total. The number of phosphoric acid groups is 1. The molecule has 0 aromatic rings. The normalized spacial score (nSPS) is 21.2. The molecule has 0 aromatic heterocycles. The van der Waals surface area contributed by atoms with Crippen molar-refractivity contribution in [2.75, 3.05) is 47.5 Å². The zero-order chi connectivity index (χ0) is 23.7. The molecule has 0 radical (unpaired) electrons. The quantitative estimate of drug-likeness (QED) is 0.122. The molecule has 1 rings (SSSR count). The zero-order valence-electron chi connectivity index (χ0n) is 21.3. The van der Waals surface area contributed by atoms with Crippen LogP contribution >= 0.6 is 7.82 Å². The predicted molar refractivity (Wildman–Crippen MR) is 130 cm³/mol. The lowest BCUT2D eigenvalue weighted by Crippen LogP contribution is -2.37. The van der Waals surface area contributed by atoms with Gasteiger partial charge in [0.2, 0.25) is 0 Å². The van der Waals surface area contributed by atoms with Crippen molar-refractivity contribution in [1.82, 2.24) is 0 Å². The van der Waals surface area contributed by atoms with Crippen LogP contribution in [0.4, 0.5) is 0 Å². The van der Waals surface area contributed by atoms with Gasteiger partial charge in [0.1, 0.15) is 19.3 Å². The van der Waals surface area contributed by atoms with Crippen molar-refractivity contribution in [2.45, 2.75) is 109 Å². The average molecular weight is 481 g/mol. The van der Waals surface area contributed by atoms with Gasteiger partial charge < -0.3 is 18.9 Å². The highest BCUT2D eigenvalue weighted by Gasteiger charge is 2.30. The van der Waals surface area contributed by atoms with Crippen molar-refractivity contribution >= 4 is 7.82 Å². The molecule has 1 heterocycles. The highest BCUT2D eigenvalue weighted by molar-refractivity contribution is 7.47. The van der Waals surface area contributed by atoms with Crippen molar-refractivity contribution in [3.8, 4) is 0 Å². The summed E-state index contributed by atoms with van der Waals surface area (Å²) in [4.78, 5) is 9.78. The number of ether oxygens (including phenoxy) is 2. The topological polar surface area (TPSA) is 74.2 Å². The maximum absolute atomic E-state index is 12.0. The fourth-order valence-corrected chi connectivity index (χ4v) is 4.46. The summed E-state index contributed by atoms with van der Waals surface area (Å²) in [5.41, 5.74) is 0. The van der Waals surface area contributed by atoms with Crippen molar-refractivity contribution in [2.24, 2.45) is 0 Å². The van der Waals surface area contributed by atoms with E-state index in [0.29, 0.717) is 17.6 Å². The molecule has 32 heavy (non-hydrogen) atoms. The van der Waals surface area contributed by atoms with E-state index in [4.69, 9.17) is 18.5 Å². The Morgan fingerprint density at radius 3 is 1.94 bits per heavy atom. The number of quaternary nitrogens is 1. The lowest BCUT2D eigenvalue weighted by Gasteiger charge is -2.24. The molecule has 0 saturated carbocycles. The summed E-state index contributed by atoms with van der Waals surface area (Å²) >= 11 is 0. The van der Waals surface area contributed by atoms with Crippen molar-refractivity contribution in [3.63, 3.8) is 0 Å². The third-order valence-corrected chi connectivity index (χ3v) is 6.78. The Morgan fingerprint density at radius 2 is 1.41 bits per heavy atom. The molecule has 1 aliphatic heterocycles. The van der Waals surface area contributed by atoms with E-state index < -0.39 is 7.82 Å². The monoisotopic (exact) mass is 480 g/mol. The number of hydrogen-bond donors (Lipinski definition) is 1. The molecule has 0 amide bonds. The van der Waals surface area contributed by atoms with Crippen LogP contribution in [0, 0.1) is 0 Å². The van der Waals surface area contributed by atoms with Crippen LogP contribution in [0.3, 0.4) is 0 Å². The Morgan fingerprint density at radius 1 is 0.875 bits per heavy atom. The molecule has 1 fully saturated rings. The van der Waals surface area contributed by atoms with Gasteiger partial charge in [-0.15, -0.1) is 0 Å². The summed E-state index contributed by atoms with van der Waals surface area (Å²) in [5, 5.41) is 0. The molecule has 192 valence electrons. The summed E-state index contributed by atoms with van der Waals surface area (Å²) in [5.74, 6) is 0. The number of hydrogen-bond acceptors (Lipinski definition) is 5. The van der Waals surface area contributed by atoms with Crippen LogP contribution in [0.2, 0.25) is 0 Å². The van der Waals surface area contributed by atoms with Crippen LogP contribution in [0.25, 0.3) is 0 Å². The van der Waals surface area contributed by atoms with E-state index in [1.807, 2.05) is 21.1 Å². The molecule has 0 aliphatic carbocycles. The van der Waals surface area contributed by atoms with Crippen molar-refractivity contribution < 1.29 is 32.5 Å². The fourth-order valence-electron chi connectivity index (χ4n) is 3.72. The Balaban J connectivity index is 1.94. The molecule has 0 bridgehead atoms. The smallest absolute Gasteiger partial charge is 0.350 e. The molecule has 8 heteroatoms. The third-order valence-electron chi connectivity index (χ3n) is 5.80. The Bertz CT molecular complexity index is 499. The first-order valence-electron chi connectivity index (χ1n) is 12.9. The van der Waals surface area contributed by atoms with E-state index in [2.05, 4.69) is 6.92 Å². The van der Waals surface area contributed by atoms with Gasteiger partial charge >= 0.3 is 7.82 Å². The summed E-state index contributed by atoms with van der Waals surface area (Å²) < 4.78 is 34.1. The van der Waals surface area contributed by atoms with Gasteiger partial charge in [-0.1, -0.05) is 84.0 Å². The molecular weight excluding hydrogens is 429 g/mol. The Kier molecular flexibility index (Phi) is 16.4. The van der Waals surface area contributed by atoms with Gasteiger partial charge in [0, 0.05) is 0 Å². The minimum atomic E-state index is -4.05. The van der Waals surface area contributed by atoms with Crippen LogP contribution in [-0.2, 0) is 23.1 Å². The molecule has 0 aromatic carbocycles. The molecule has 3 unspecified atom stereocenters. The van der Waals surface area contributed by atoms with Crippen LogP contribution < -0.4 is 0 Å². The van der Waals surface area contributed by atoms with Gasteiger partial charge in [-0.2, -0.15) is 0 Å². The minimum absolute atomic E-state index is 0.00720. The van der Waals surface area contributed by atoms with Crippen LogP contribution in [0.5, 0.6) is 0 Å². The molecule has 1 saturated heterocycles. The molecule has 1 aliphatic rings. The zero-order valence-corrected chi connectivity index (χ0v) is 22.2. The molecule has 0 spiro atoms. The average Bonchev–Trinajstić information content (AvgIpc) is 3.17. The lowest BCUT2D eigenvalue weighted by molar-refractivity contribution is -0.870.